The second-order valence-corrected chi connectivity index (χ2v) is 2.27. The van der Waals surface area contributed by atoms with E-state index >= 15 is 0 Å². The van der Waals surface area contributed by atoms with Gasteiger partial charge in [-0.2, -0.15) is 0 Å². The van der Waals surface area contributed by atoms with Crippen LogP contribution in [0.15, 0.2) is 0 Å². The lowest BCUT2D eigenvalue weighted by molar-refractivity contribution is -0.146. The fourth-order valence-corrected chi connectivity index (χ4v) is 0.830. The number of aliphatic hydroxyl groups excluding tert-OH is 1. The monoisotopic (exact) mass is 161 g/mol. The van der Waals surface area contributed by atoms with E-state index in [4.69, 9.17) is 0 Å². The maximum Gasteiger partial charge on any atom is 0.325 e. The first-order valence-corrected chi connectivity index (χ1v) is 3.60. The van der Waals surface area contributed by atoms with Crippen molar-refractivity contribution in [3.63, 3.8) is 0 Å². The Morgan fingerprint density at radius 3 is 2.55 bits per heavy atom. The number of likely N-dealkylation sites (N-methyl/N-ethyl adjacent to an activating group) is 1. The first-order valence-electron chi connectivity index (χ1n) is 3.60. The van der Waals surface area contributed by atoms with Gasteiger partial charge in [-0.25, -0.2) is 0 Å². The molecule has 0 radical (unpaired) electrons. The molecule has 0 saturated heterocycles. The van der Waals surface area contributed by atoms with Gasteiger partial charge in [-0.3, -0.25) is 4.79 Å². The van der Waals surface area contributed by atoms with Crippen LogP contribution in [0, 0.1) is 0 Å². The molecule has 66 valence electrons. The minimum Gasteiger partial charge on any atom is -0.468 e. The summed E-state index contributed by atoms with van der Waals surface area (Å²) in [6.45, 7) is 1.80. The molecular formula is C7H15NO3. The zero-order valence-corrected chi connectivity index (χ0v) is 7.13. The highest BCUT2D eigenvalue weighted by Gasteiger charge is 2.23. The molecule has 0 aromatic rings. The number of esters is 1. The molecule has 4 heteroatoms. The predicted octanol–water partition coefficient (Wildman–Crippen LogP) is -0.482. The summed E-state index contributed by atoms with van der Waals surface area (Å²) in [7, 11) is 2.91. The van der Waals surface area contributed by atoms with Crippen LogP contribution >= 0.6 is 0 Å². The molecule has 0 saturated carbocycles. The van der Waals surface area contributed by atoms with Gasteiger partial charge in [0.2, 0.25) is 0 Å². The van der Waals surface area contributed by atoms with E-state index in [2.05, 4.69) is 10.1 Å². The van der Waals surface area contributed by atoms with E-state index < -0.39 is 18.1 Å². The van der Waals surface area contributed by atoms with Crippen molar-refractivity contribution in [1.82, 2.24) is 5.32 Å². The fourth-order valence-electron chi connectivity index (χ4n) is 0.830. The first kappa shape index (κ1) is 10.4. The van der Waals surface area contributed by atoms with Crippen LogP contribution < -0.4 is 5.32 Å². The molecule has 0 aliphatic rings. The quantitative estimate of drug-likeness (QED) is 0.547. The molecule has 0 fully saturated rings. The Balaban J connectivity index is 4.03. The number of ether oxygens (including phenoxy) is 1. The molecule has 0 unspecified atom stereocenters. The molecule has 0 bridgehead atoms. The van der Waals surface area contributed by atoms with Crippen LogP contribution in [0.3, 0.4) is 0 Å². The van der Waals surface area contributed by atoms with E-state index in [0.29, 0.717) is 6.42 Å². The van der Waals surface area contributed by atoms with Gasteiger partial charge in [0.05, 0.1) is 13.2 Å². The van der Waals surface area contributed by atoms with Crippen LogP contribution in [0.25, 0.3) is 0 Å². The highest BCUT2D eigenvalue weighted by molar-refractivity contribution is 5.76. The third-order valence-corrected chi connectivity index (χ3v) is 1.57. The average molecular weight is 161 g/mol. The summed E-state index contributed by atoms with van der Waals surface area (Å²) in [4.78, 5) is 10.9. The number of carbonyl (C=O) groups excluding carboxylic acids is 1. The lowest BCUT2D eigenvalue weighted by Gasteiger charge is -2.18. The number of hydrogen-bond acceptors (Lipinski definition) is 4. The van der Waals surface area contributed by atoms with Crippen molar-refractivity contribution in [2.75, 3.05) is 14.2 Å². The van der Waals surface area contributed by atoms with E-state index in [1.165, 1.54) is 7.11 Å². The Hall–Kier alpha value is -0.610. The molecule has 0 aliphatic heterocycles. The predicted molar refractivity (Wildman–Crippen MR) is 41.2 cm³/mol. The van der Waals surface area contributed by atoms with Gasteiger partial charge in [-0.15, -0.1) is 0 Å². The topological polar surface area (TPSA) is 58.6 Å². The van der Waals surface area contributed by atoms with Crippen molar-refractivity contribution < 1.29 is 14.6 Å². The zero-order valence-electron chi connectivity index (χ0n) is 7.13. The van der Waals surface area contributed by atoms with Crippen molar-refractivity contribution in [2.24, 2.45) is 0 Å². The number of aliphatic hydroxyl groups is 1. The second-order valence-electron chi connectivity index (χ2n) is 2.27. The lowest BCUT2D eigenvalue weighted by atomic mass is 10.1. The molecule has 2 N–H and O–H groups in total. The van der Waals surface area contributed by atoms with E-state index in [1.807, 2.05) is 0 Å². The second kappa shape index (κ2) is 5.09. The smallest absolute Gasteiger partial charge is 0.325 e. The number of nitrogens with one attached hydrogen (secondary N) is 1. The van der Waals surface area contributed by atoms with Crippen LogP contribution in [0.2, 0.25) is 0 Å². The van der Waals surface area contributed by atoms with Crippen LogP contribution in [0.4, 0.5) is 0 Å². The van der Waals surface area contributed by atoms with Crippen LogP contribution in [0.5, 0.6) is 0 Å². The Morgan fingerprint density at radius 2 is 2.27 bits per heavy atom. The third kappa shape index (κ3) is 2.86. The number of rotatable bonds is 4. The van der Waals surface area contributed by atoms with Gasteiger partial charge in [0.25, 0.3) is 0 Å². The van der Waals surface area contributed by atoms with Gasteiger partial charge in [0, 0.05) is 0 Å². The van der Waals surface area contributed by atoms with Gasteiger partial charge in [0.15, 0.2) is 0 Å². The maximum atomic E-state index is 10.9. The Kier molecular flexibility index (Phi) is 4.81. The van der Waals surface area contributed by atoms with Crippen molar-refractivity contribution in [3.05, 3.63) is 0 Å². The van der Waals surface area contributed by atoms with Gasteiger partial charge < -0.3 is 15.2 Å². The molecule has 2 atom stereocenters. The SMILES string of the molecule is CC[C@@H](O)[C@H](NC)C(=O)OC. The van der Waals surface area contributed by atoms with E-state index in [1.54, 1.807) is 14.0 Å². The molecule has 0 aliphatic carbocycles. The molecule has 11 heavy (non-hydrogen) atoms. The van der Waals surface area contributed by atoms with Crippen LogP contribution in [-0.2, 0) is 9.53 Å². The number of methoxy groups -OCH3 is 1. The number of carbonyl (C=O) groups is 1. The molecule has 0 spiro atoms. The van der Waals surface area contributed by atoms with Crippen molar-refractivity contribution in [2.45, 2.75) is 25.5 Å². The summed E-state index contributed by atoms with van der Waals surface area (Å²) in [5.41, 5.74) is 0. The zero-order chi connectivity index (χ0) is 8.85. The molecule has 0 rings (SSSR count). The number of hydrogen-bond donors (Lipinski definition) is 2. The van der Waals surface area contributed by atoms with Gasteiger partial charge in [-0.1, -0.05) is 6.92 Å². The summed E-state index contributed by atoms with van der Waals surface area (Å²) < 4.78 is 4.46. The maximum absolute atomic E-state index is 10.9. The standard InChI is InChI=1S/C7H15NO3/c1-4-5(9)6(8-2)7(10)11-3/h5-6,8-9H,4H2,1-3H3/t5-,6+/m1/s1. The summed E-state index contributed by atoms with van der Waals surface area (Å²) in [6, 6.07) is -0.606. The fraction of sp³-hybridized carbons (Fsp3) is 0.857. The van der Waals surface area contributed by atoms with Crippen molar-refractivity contribution in [3.8, 4) is 0 Å². The normalized spacial score (nSPS) is 15.6. The molecule has 4 nitrogen and oxygen atoms in total. The highest BCUT2D eigenvalue weighted by Crippen LogP contribution is 1.99. The van der Waals surface area contributed by atoms with Crippen molar-refractivity contribution in [1.29, 1.82) is 0 Å². The van der Waals surface area contributed by atoms with Crippen molar-refractivity contribution >= 4 is 5.97 Å². The summed E-state index contributed by atoms with van der Waals surface area (Å²) >= 11 is 0. The molecule has 0 heterocycles. The molecule has 0 aromatic carbocycles. The van der Waals surface area contributed by atoms with Crippen LogP contribution in [-0.4, -0.2) is 37.4 Å². The van der Waals surface area contributed by atoms with Gasteiger partial charge >= 0.3 is 5.97 Å². The summed E-state index contributed by atoms with van der Waals surface area (Å²) in [5.74, 6) is -0.429. The minimum absolute atomic E-state index is 0.429. The van der Waals surface area contributed by atoms with E-state index in [-0.39, 0.29) is 0 Å². The third-order valence-electron chi connectivity index (χ3n) is 1.57. The van der Waals surface area contributed by atoms with Gasteiger partial charge in [-0.05, 0) is 13.5 Å². The van der Waals surface area contributed by atoms with E-state index in [0.717, 1.165) is 0 Å². The van der Waals surface area contributed by atoms with E-state index in [9.17, 15) is 9.90 Å². The Bertz CT molecular complexity index is 127. The Labute approximate surface area is 66.5 Å². The summed E-state index contributed by atoms with van der Waals surface area (Å²) in [5, 5.41) is 11.9. The van der Waals surface area contributed by atoms with Gasteiger partial charge in [0.1, 0.15) is 6.04 Å². The molecule has 0 amide bonds. The average Bonchev–Trinajstić information content (AvgIpc) is 2.05. The molecular weight excluding hydrogens is 146 g/mol. The first-order chi connectivity index (χ1) is 5.17. The van der Waals surface area contributed by atoms with Crippen LogP contribution in [0.1, 0.15) is 13.3 Å². The Morgan fingerprint density at radius 1 is 1.73 bits per heavy atom. The molecule has 0 aromatic heterocycles. The lowest BCUT2D eigenvalue weighted by Crippen LogP contribution is -2.44. The summed E-state index contributed by atoms with van der Waals surface area (Å²) in [6.07, 6.45) is -0.145. The minimum atomic E-state index is -0.674. The highest BCUT2D eigenvalue weighted by atomic mass is 16.5. The largest absolute Gasteiger partial charge is 0.468 e.